The van der Waals surface area contributed by atoms with Gasteiger partial charge in [-0.2, -0.15) is 0 Å². The lowest BCUT2D eigenvalue weighted by Gasteiger charge is -2.14. The van der Waals surface area contributed by atoms with E-state index in [4.69, 9.17) is 4.74 Å². The van der Waals surface area contributed by atoms with Crippen LogP contribution in [-0.4, -0.2) is 26.7 Å². The predicted octanol–water partition coefficient (Wildman–Crippen LogP) is 3.67. The fourth-order valence-corrected chi connectivity index (χ4v) is 2.42. The molecule has 136 valence electrons. The highest BCUT2D eigenvalue weighted by atomic mass is 127. The summed E-state index contributed by atoms with van der Waals surface area (Å²) in [4.78, 5) is 4.20. The standard InChI is InChI=1S/C19H24FN3O.HI/c1-14-7-8-16(18(11-14)24-3)13-23-19(21-2)22-10-9-15-5-4-6-17(20)12-15;/h4-8,11-12H,9-10,13H2,1-3H3,(H2,21,22,23);1H. The van der Waals surface area contributed by atoms with E-state index in [1.54, 1.807) is 26.3 Å². The van der Waals surface area contributed by atoms with Crippen molar-refractivity contribution in [3.63, 3.8) is 0 Å². The second-order valence-electron chi connectivity index (χ2n) is 5.55. The van der Waals surface area contributed by atoms with Crippen LogP contribution in [-0.2, 0) is 13.0 Å². The van der Waals surface area contributed by atoms with E-state index in [1.165, 1.54) is 6.07 Å². The first kappa shape index (κ1) is 21.2. The van der Waals surface area contributed by atoms with Gasteiger partial charge in [-0.05, 0) is 42.7 Å². The molecule has 0 saturated carbocycles. The van der Waals surface area contributed by atoms with Crippen LogP contribution in [0, 0.1) is 12.7 Å². The molecule has 0 aliphatic heterocycles. The van der Waals surface area contributed by atoms with E-state index in [1.807, 2.05) is 25.1 Å². The topological polar surface area (TPSA) is 45.7 Å². The molecule has 0 aliphatic rings. The third kappa shape index (κ3) is 6.89. The fourth-order valence-electron chi connectivity index (χ4n) is 2.42. The third-order valence-corrected chi connectivity index (χ3v) is 3.71. The van der Waals surface area contributed by atoms with E-state index in [9.17, 15) is 4.39 Å². The van der Waals surface area contributed by atoms with Gasteiger partial charge in [0.25, 0.3) is 0 Å². The molecule has 0 aliphatic carbocycles. The molecular formula is C19H25FIN3O. The van der Waals surface area contributed by atoms with Gasteiger partial charge in [-0.15, -0.1) is 24.0 Å². The Morgan fingerprint density at radius 1 is 1.16 bits per heavy atom. The molecule has 0 unspecified atom stereocenters. The maximum absolute atomic E-state index is 13.2. The average molecular weight is 457 g/mol. The lowest BCUT2D eigenvalue weighted by atomic mass is 10.1. The van der Waals surface area contributed by atoms with Crippen LogP contribution in [0.4, 0.5) is 4.39 Å². The zero-order valence-corrected chi connectivity index (χ0v) is 17.1. The van der Waals surface area contributed by atoms with Crippen molar-refractivity contribution in [3.8, 4) is 5.75 Å². The number of guanidine groups is 1. The van der Waals surface area contributed by atoms with Crippen LogP contribution in [0.1, 0.15) is 16.7 Å². The van der Waals surface area contributed by atoms with Gasteiger partial charge in [0.15, 0.2) is 5.96 Å². The van der Waals surface area contributed by atoms with Crippen molar-refractivity contribution in [1.29, 1.82) is 0 Å². The Balaban J connectivity index is 0.00000312. The van der Waals surface area contributed by atoms with Crippen molar-refractivity contribution in [1.82, 2.24) is 10.6 Å². The van der Waals surface area contributed by atoms with Crippen molar-refractivity contribution in [2.24, 2.45) is 4.99 Å². The first-order chi connectivity index (χ1) is 11.6. The van der Waals surface area contributed by atoms with Gasteiger partial charge in [-0.1, -0.05) is 24.3 Å². The molecule has 2 N–H and O–H groups in total. The van der Waals surface area contributed by atoms with Gasteiger partial charge in [0.1, 0.15) is 11.6 Å². The lowest BCUT2D eigenvalue weighted by molar-refractivity contribution is 0.408. The van der Waals surface area contributed by atoms with E-state index in [2.05, 4.69) is 21.7 Å². The van der Waals surface area contributed by atoms with Crippen molar-refractivity contribution in [3.05, 3.63) is 65.0 Å². The molecule has 0 fully saturated rings. The van der Waals surface area contributed by atoms with Crippen LogP contribution in [0.5, 0.6) is 5.75 Å². The van der Waals surface area contributed by atoms with E-state index < -0.39 is 0 Å². The van der Waals surface area contributed by atoms with Gasteiger partial charge in [-0.3, -0.25) is 4.99 Å². The van der Waals surface area contributed by atoms with Gasteiger partial charge in [0.05, 0.1) is 7.11 Å². The Morgan fingerprint density at radius 3 is 2.64 bits per heavy atom. The quantitative estimate of drug-likeness (QED) is 0.396. The van der Waals surface area contributed by atoms with Gasteiger partial charge in [0, 0.05) is 25.7 Å². The maximum Gasteiger partial charge on any atom is 0.191 e. The molecule has 0 aromatic heterocycles. The van der Waals surface area contributed by atoms with Gasteiger partial charge in [-0.25, -0.2) is 4.39 Å². The zero-order chi connectivity index (χ0) is 17.4. The number of ether oxygens (including phenoxy) is 1. The number of nitrogens with zero attached hydrogens (tertiary/aromatic N) is 1. The summed E-state index contributed by atoms with van der Waals surface area (Å²) < 4.78 is 18.6. The number of halogens is 2. The van der Waals surface area contributed by atoms with Crippen molar-refractivity contribution < 1.29 is 9.13 Å². The fraction of sp³-hybridized carbons (Fsp3) is 0.316. The number of hydrogen-bond acceptors (Lipinski definition) is 2. The summed E-state index contributed by atoms with van der Waals surface area (Å²) >= 11 is 0. The van der Waals surface area contributed by atoms with Crippen LogP contribution in [0.2, 0.25) is 0 Å². The monoisotopic (exact) mass is 457 g/mol. The minimum atomic E-state index is -0.207. The first-order valence-corrected chi connectivity index (χ1v) is 7.95. The summed E-state index contributed by atoms with van der Waals surface area (Å²) in [5, 5.41) is 6.49. The molecule has 2 aromatic carbocycles. The Hall–Kier alpha value is -1.83. The lowest BCUT2D eigenvalue weighted by Crippen LogP contribution is -2.37. The number of aliphatic imine (C=N–C) groups is 1. The van der Waals surface area contributed by atoms with Crippen LogP contribution >= 0.6 is 24.0 Å². The third-order valence-electron chi connectivity index (χ3n) is 3.71. The van der Waals surface area contributed by atoms with Gasteiger partial charge < -0.3 is 15.4 Å². The highest BCUT2D eigenvalue weighted by molar-refractivity contribution is 14.0. The molecule has 0 spiro atoms. The second-order valence-corrected chi connectivity index (χ2v) is 5.55. The summed E-state index contributed by atoms with van der Waals surface area (Å²) in [7, 11) is 3.40. The van der Waals surface area contributed by atoms with E-state index in [0.29, 0.717) is 19.0 Å². The molecule has 25 heavy (non-hydrogen) atoms. The number of hydrogen-bond donors (Lipinski definition) is 2. The average Bonchev–Trinajstić information content (AvgIpc) is 2.58. The molecule has 6 heteroatoms. The van der Waals surface area contributed by atoms with E-state index >= 15 is 0 Å². The first-order valence-electron chi connectivity index (χ1n) is 7.95. The number of rotatable bonds is 6. The summed E-state index contributed by atoms with van der Waals surface area (Å²) in [5.74, 6) is 1.35. The minimum absolute atomic E-state index is 0. The summed E-state index contributed by atoms with van der Waals surface area (Å²) in [6.45, 7) is 3.32. The number of nitrogens with one attached hydrogen (secondary N) is 2. The highest BCUT2D eigenvalue weighted by Crippen LogP contribution is 2.19. The van der Waals surface area contributed by atoms with Crippen LogP contribution in [0.25, 0.3) is 0 Å². The predicted molar refractivity (Wildman–Crippen MR) is 111 cm³/mol. The summed E-state index contributed by atoms with van der Waals surface area (Å²) in [5.41, 5.74) is 3.18. The number of benzene rings is 2. The molecule has 0 bridgehead atoms. The highest BCUT2D eigenvalue weighted by Gasteiger charge is 2.05. The largest absolute Gasteiger partial charge is 0.496 e. The zero-order valence-electron chi connectivity index (χ0n) is 14.8. The Labute approximate surface area is 165 Å². The van der Waals surface area contributed by atoms with Crippen LogP contribution < -0.4 is 15.4 Å². The second kappa shape index (κ2) is 10.9. The Morgan fingerprint density at radius 2 is 1.96 bits per heavy atom. The molecule has 0 heterocycles. The SMILES string of the molecule is CN=C(NCCc1cccc(F)c1)NCc1ccc(C)cc1OC.I. The molecule has 0 amide bonds. The Kier molecular flexibility index (Phi) is 9.26. The smallest absolute Gasteiger partial charge is 0.191 e. The molecule has 2 aromatic rings. The summed E-state index contributed by atoms with van der Waals surface area (Å²) in [6.07, 6.45) is 0.728. The van der Waals surface area contributed by atoms with Crippen LogP contribution in [0.15, 0.2) is 47.5 Å². The molecule has 0 saturated heterocycles. The van der Waals surface area contributed by atoms with Crippen molar-refractivity contribution >= 4 is 29.9 Å². The number of aryl methyl sites for hydroxylation is 1. The van der Waals surface area contributed by atoms with E-state index in [0.717, 1.165) is 28.9 Å². The number of methoxy groups -OCH3 is 1. The van der Waals surface area contributed by atoms with Gasteiger partial charge >= 0.3 is 0 Å². The van der Waals surface area contributed by atoms with Crippen molar-refractivity contribution in [2.45, 2.75) is 19.9 Å². The molecule has 4 nitrogen and oxygen atoms in total. The van der Waals surface area contributed by atoms with Crippen molar-refractivity contribution in [2.75, 3.05) is 20.7 Å². The van der Waals surface area contributed by atoms with Gasteiger partial charge in [0.2, 0.25) is 0 Å². The summed E-state index contributed by atoms with van der Waals surface area (Å²) in [6, 6.07) is 12.7. The molecular weight excluding hydrogens is 432 g/mol. The van der Waals surface area contributed by atoms with E-state index in [-0.39, 0.29) is 29.8 Å². The molecule has 0 atom stereocenters. The Bertz CT molecular complexity index is 707. The van der Waals surface area contributed by atoms with Crippen LogP contribution in [0.3, 0.4) is 0 Å². The minimum Gasteiger partial charge on any atom is -0.496 e. The molecule has 0 radical (unpaired) electrons. The maximum atomic E-state index is 13.2. The normalized spacial score (nSPS) is 10.8. The molecule has 2 rings (SSSR count).